The average Bonchev–Trinajstić information content (AvgIpc) is 2.42. The molecule has 0 spiro atoms. The Labute approximate surface area is 97.4 Å². The number of carbonyl (C=O) groups is 2. The van der Waals surface area contributed by atoms with Gasteiger partial charge in [-0.2, -0.15) is 0 Å². The van der Waals surface area contributed by atoms with Gasteiger partial charge in [-0.1, -0.05) is 27.7 Å². The normalized spacial score (nSPS) is 22.0. The van der Waals surface area contributed by atoms with Gasteiger partial charge in [-0.15, -0.1) is 0 Å². The number of amides is 2. The third kappa shape index (κ3) is 3.30. The van der Waals surface area contributed by atoms with Gasteiger partial charge < -0.3 is 5.32 Å². The SMILES string of the molecule is CCCN1C(=O)CC(NCC(C)(C)C)C1=O. The van der Waals surface area contributed by atoms with Crippen LogP contribution >= 0.6 is 0 Å². The number of imide groups is 1. The van der Waals surface area contributed by atoms with Gasteiger partial charge in [0.2, 0.25) is 11.8 Å². The van der Waals surface area contributed by atoms with E-state index >= 15 is 0 Å². The Morgan fingerprint density at radius 2 is 2.00 bits per heavy atom. The van der Waals surface area contributed by atoms with Crippen LogP contribution in [0.5, 0.6) is 0 Å². The summed E-state index contributed by atoms with van der Waals surface area (Å²) < 4.78 is 0. The zero-order chi connectivity index (χ0) is 12.3. The Morgan fingerprint density at radius 1 is 1.38 bits per heavy atom. The largest absolute Gasteiger partial charge is 0.305 e. The van der Waals surface area contributed by atoms with Gasteiger partial charge in [0.05, 0.1) is 12.5 Å². The van der Waals surface area contributed by atoms with Crippen molar-refractivity contribution in [3.05, 3.63) is 0 Å². The molecular formula is C12H22N2O2. The van der Waals surface area contributed by atoms with E-state index in [4.69, 9.17) is 0 Å². The predicted molar refractivity (Wildman–Crippen MR) is 62.9 cm³/mol. The van der Waals surface area contributed by atoms with Crippen molar-refractivity contribution in [2.75, 3.05) is 13.1 Å². The first kappa shape index (κ1) is 13.2. The molecule has 1 heterocycles. The molecule has 4 heteroatoms. The van der Waals surface area contributed by atoms with Crippen LogP contribution in [0.4, 0.5) is 0 Å². The second-order valence-electron chi connectivity index (χ2n) is 5.58. The van der Waals surface area contributed by atoms with Gasteiger partial charge in [0.1, 0.15) is 0 Å². The summed E-state index contributed by atoms with van der Waals surface area (Å²) in [6, 6.07) is -0.307. The lowest BCUT2D eigenvalue weighted by atomic mass is 9.96. The van der Waals surface area contributed by atoms with Gasteiger partial charge in [-0.05, 0) is 11.8 Å². The minimum Gasteiger partial charge on any atom is -0.305 e. The second kappa shape index (κ2) is 4.95. The summed E-state index contributed by atoms with van der Waals surface area (Å²) >= 11 is 0. The summed E-state index contributed by atoms with van der Waals surface area (Å²) in [5.41, 5.74) is 0.126. The van der Waals surface area contributed by atoms with E-state index in [0.29, 0.717) is 13.0 Å². The van der Waals surface area contributed by atoms with Crippen LogP contribution in [0.15, 0.2) is 0 Å². The van der Waals surface area contributed by atoms with Crippen molar-refractivity contribution in [2.24, 2.45) is 5.41 Å². The van der Waals surface area contributed by atoms with Crippen molar-refractivity contribution >= 4 is 11.8 Å². The highest BCUT2D eigenvalue weighted by molar-refractivity contribution is 6.05. The fourth-order valence-electron chi connectivity index (χ4n) is 1.73. The fraction of sp³-hybridized carbons (Fsp3) is 0.833. The molecule has 1 fully saturated rings. The van der Waals surface area contributed by atoms with Crippen LogP contribution < -0.4 is 5.32 Å². The highest BCUT2D eigenvalue weighted by Crippen LogP contribution is 2.16. The Balaban J connectivity index is 2.52. The van der Waals surface area contributed by atoms with Crippen molar-refractivity contribution < 1.29 is 9.59 Å². The lowest BCUT2D eigenvalue weighted by Crippen LogP contribution is -2.42. The average molecular weight is 226 g/mol. The van der Waals surface area contributed by atoms with E-state index in [-0.39, 0.29) is 23.3 Å². The summed E-state index contributed by atoms with van der Waals surface area (Å²) in [7, 11) is 0. The lowest BCUT2D eigenvalue weighted by molar-refractivity contribution is -0.138. The summed E-state index contributed by atoms with van der Waals surface area (Å²) in [5, 5.41) is 3.18. The zero-order valence-electron chi connectivity index (χ0n) is 10.7. The molecule has 1 aliphatic heterocycles. The maximum atomic E-state index is 11.9. The topological polar surface area (TPSA) is 49.4 Å². The standard InChI is InChI=1S/C12H22N2O2/c1-5-6-14-10(15)7-9(11(14)16)13-8-12(2,3)4/h9,13H,5-8H2,1-4H3. The quantitative estimate of drug-likeness (QED) is 0.732. The van der Waals surface area contributed by atoms with Crippen molar-refractivity contribution in [1.29, 1.82) is 0 Å². The minimum absolute atomic E-state index is 0.0433. The van der Waals surface area contributed by atoms with Crippen molar-refractivity contribution in [1.82, 2.24) is 10.2 Å². The first-order valence-electron chi connectivity index (χ1n) is 5.93. The Kier molecular flexibility index (Phi) is 4.08. The molecule has 0 radical (unpaired) electrons. The molecule has 0 bridgehead atoms. The van der Waals surface area contributed by atoms with Gasteiger partial charge in [0.25, 0.3) is 0 Å². The van der Waals surface area contributed by atoms with Crippen molar-refractivity contribution in [3.63, 3.8) is 0 Å². The number of carbonyl (C=O) groups excluding carboxylic acids is 2. The molecule has 0 aliphatic carbocycles. The van der Waals surface area contributed by atoms with Gasteiger partial charge in [-0.3, -0.25) is 14.5 Å². The van der Waals surface area contributed by atoms with Crippen molar-refractivity contribution in [2.45, 2.75) is 46.6 Å². The number of likely N-dealkylation sites (tertiary alicyclic amines) is 1. The van der Waals surface area contributed by atoms with Crippen LogP contribution in [0.3, 0.4) is 0 Å². The molecule has 4 nitrogen and oxygen atoms in total. The molecule has 1 rings (SSSR count). The minimum atomic E-state index is -0.307. The number of nitrogens with one attached hydrogen (secondary N) is 1. The van der Waals surface area contributed by atoms with Gasteiger partial charge in [0.15, 0.2) is 0 Å². The van der Waals surface area contributed by atoms with Crippen LogP contribution in [0, 0.1) is 5.41 Å². The second-order valence-corrected chi connectivity index (χ2v) is 5.58. The van der Waals surface area contributed by atoms with E-state index in [1.807, 2.05) is 6.92 Å². The number of hydrogen-bond donors (Lipinski definition) is 1. The highest BCUT2D eigenvalue weighted by Gasteiger charge is 2.37. The van der Waals surface area contributed by atoms with Crippen LogP contribution in [-0.4, -0.2) is 35.8 Å². The Morgan fingerprint density at radius 3 is 2.50 bits per heavy atom. The van der Waals surface area contributed by atoms with Crippen LogP contribution in [0.2, 0.25) is 0 Å². The Bertz CT molecular complexity index is 281. The van der Waals surface area contributed by atoms with Crippen LogP contribution in [0.1, 0.15) is 40.5 Å². The highest BCUT2D eigenvalue weighted by atomic mass is 16.2. The predicted octanol–water partition coefficient (Wildman–Crippen LogP) is 1.16. The zero-order valence-corrected chi connectivity index (χ0v) is 10.7. The summed E-state index contributed by atoms with van der Waals surface area (Å²) in [4.78, 5) is 24.8. The van der Waals surface area contributed by atoms with Crippen LogP contribution in [-0.2, 0) is 9.59 Å². The molecule has 2 amide bonds. The summed E-state index contributed by atoms with van der Waals surface area (Å²) in [6.07, 6.45) is 1.14. The molecule has 0 aromatic heterocycles. The van der Waals surface area contributed by atoms with Gasteiger partial charge in [0, 0.05) is 13.1 Å². The van der Waals surface area contributed by atoms with Gasteiger partial charge in [-0.25, -0.2) is 0 Å². The first-order chi connectivity index (χ1) is 7.35. The van der Waals surface area contributed by atoms with Crippen LogP contribution in [0.25, 0.3) is 0 Å². The third-order valence-corrected chi connectivity index (χ3v) is 2.57. The maximum absolute atomic E-state index is 11.9. The molecule has 92 valence electrons. The molecule has 1 N–H and O–H groups in total. The van der Waals surface area contributed by atoms with E-state index in [9.17, 15) is 9.59 Å². The van der Waals surface area contributed by atoms with Crippen molar-refractivity contribution in [3.8, 4) is 0 Å². The third-order valence-electron chi connectivity index (χ3n) is 2.57. The molecule has 1 aliphatic rings. The molecule has 1 unspecified atom stereocenters. The van der Waals surface area contributed by atoms with Gasteiger partial charge >= 0.3 is 0 Å². The molecule has 0 aromatic carbocycles. The molecule has 0 saturated carbocycles. The van der Waals surface area contributed by atoms with E-state index in [0.717, 1.165) is 13.0 Å². The smallest absolute Gasteiger partial charge is 0.246 e. The van der Waals surface area contributed by atoms with E-state index < -0.39 is 0 Å². The summed E-state index contributed by atoms with van der Waals surface area (Å²) in [5.74, 6) is -0.102. The van der Waals surface area contributed by atoms with E-state index in [1.165, 1.54) is 4.90 Å². The monoisotopic (exact) mass is 226 g/mol. The molecule has 1 atom stereocenters. The number of rotatable bonds is 4. The lowest BCUT2D eigenvalue weighted by Gasteiger charge is -2.21. The van der Waals surface area contributed by atoms with E-state index in [2.05, 4.69) is 26.1 Å². The first-order valence-corrected chi connectivity index (χ1v) is 5.93. The Hall–Kier alpha value is -0.900. The molecule has 0 aromatic rings. The number of nitrogens with zero attached hydrogens (tertiary/aromatic N) is 1. The molecule has 1 saturated heterocycles. The van der Waals surface area contributed by atoms with E-state index in [1.54, 1.807) is 0 Å². The molecular weight excluding hydrogens is 204 g/mol. The number of hydrogen-bond acceptors (Lipinski definition) is 3. The fourth-order valence-corrected chi connectivity index (χ4v) is 1.73. The summed E-state index contributed by atoms with van der Waals surface area (Å²) in [6.45, 7) is 9.57. The maximum Gasteiger partial charge on any atom is 0.246 e. The molecule has 16 heavy (non-hydrogen) atoms.